The summed E-state index contributed by atoms with van der Waals surface area (Å²) in [5.41, 5.74) is 0.490. The second-order valence-electron chi connectivity index (χ2n) is 2.67. The van der Waals surface area contributed by atoms with Gasteiger partial charge in [0.2, 0.25) is 0 Å². The minimum absolute atomic E-state index is 0.137. The summed E-state index contributed by atoms with van der Waals surface area (Å²) >= 11 is 3.07. The molecule has 0 aliphatic heterocycles. The third-order valence-electron chi connectivity index (χ3n) is 1.49. The van der Waals surface area contributed by atoms with Gasteiger partial charge in [-0.2, -0.15) is 5.06 Å². The quantitative estimate of drug-likeness (QED) is 0.645. The van der Waals surface area contributed by atoms with Gasteiger partial charge in [-0.15, -0.1) is 0 Å². The maximum atomic E-state index is 12.7. The maximum Gasteiger partial charge on any atom is 0.159 e. The third-order valence-corrected chi connectivity index (χ3v) is 2.23. The standard InChI is InChI=1S/C8H8BrF2NO/c1-12(13)4-5-2-7(10)8(11)3-6(5)9/h2-3,13H,4H2,1H3. The van der Waals surface area contributed by atoms with Crippen LogP contribution >= 0.6 is 15.9 Å². The molecule has 0 bridgehead atoms. The Labute approximate surface area is 82.9 Å². The van der Waals surface area contributed by atoms with Crippen LogP contribution in [-0.2, 0) is 6.54 Å². The third kappa shape index (κ3) is 2.72. The fraction of sp³-hybridized carbons (Fsp3) is 0.250. The van der Waals surface area contributed by atoms with Gasteiger partial charge < -0.3 is 5.21 Å². The fourth-order valence-corrected chi connectivity index (χ4v) is 1.37. The van der Waals surface area contributed by atoms with E-state index in [2.05, 4.69) is 15.9 Å². The highest BCUT2D eigenvalue weighted by molar-refractivity contribution is 9.10. The van der Waals surface area contributed by atoms with Gasteiger partial charge in [-0.3, -0.25) is 0 Å². The zero-order chi connectivity index (χ0) is 10.0. The van der Waals surface area contributed by atoms with E-state index in [4.69, 9.17) is 5.21 Å². The van der Waals surface area contributed by atoms with Gasteiger partial charge in [0.05, 0.1) is 0 Å². The molecule has 0 unspecified atom stereocenters. The van der Waals surface area contributed by atoms with Crippen LogP contribution in [0.1, 0.15) is 5.56 Å². The molecule has 0 aliphatic rings. The van der Waals surface area contributed by atoms with Gasteiger partial charge in [0.25, 0.3) is 0 Å². The first-order chi connectivity index (χ1) is 6.00. The van der Waals surface area contributed by atoms with E-state index in [0.29, 0.717) is 10.0 Å². The molecule has 13 heavy (non-hydrogen) atoms. The number of hydroxylamine groups is 2. The van der Waals surface area contributed by atoms with Crippen LogP contribution in [0.25, 0.3) is 0 Å². The molecule has 72 valence electrons. The summed E-state index contributed by atoms with van der Waals surface area (Å²) in [5.74, 6) is -1.82. The predicted molar refractivity (Wildman–Crippen MR) is 47.3 cm³/mol. The Morgan fingerprint density at radius 1 is 1.38 bits per heavy atom. The Hall–Kier alpha value is -0.520. The number of rotatable bonds is 2. The van der Waals surface area contributed by atoms with Crippen molar-refractivity contribution in [1.29, 1.82) is 0 Å². The van der Waals surface area contributed by atoms with E-state index >= 15 is 0 Å². The summed E-state index contributed by atoms with van der Waals surface area (Å²) in [7, 11) is 1.42. The Morgan fingerprint density at radius 2 is 1.92 bits per heavy atom. The molecule has 0 atom stereocenters. The van der Waals surface area contributed by atoms with Crippen LogP contribution in [0, 0.1) is 11.6 Å². The molecule has 0 radical (unpaired) electrons. The lowest BCUT2D eigenvalue weighted by Crippen LogP contribution is -2.12. The molecule has 0 saturated carbocycles. The smallest absolute Gasteiger partial charge is 0.159 e. The normalized spacial score (nSPS) is 10.9. The van der Waals surface area contributed by atoms with Gasteiger partial charge >= 0.3 is 0 Å². The minimum atomic E-state index is -0.917. The van der Waals surface area contributed by atoms with Gasteiger partial charge in [-0.05, 0) is 17.7 Å². The average molecular weight is 252 g/mol. The van der Waals surface area contributed by atoms with Gasteiger partial charge in [0, 0.05) is 18.1 Å². The van der Waals surface area contributed by atoms with Crippen molar-refractivity contribution in [3.63, 3.8) is 0 Å². The molecular weight excluding hydrogens is 244 g/mol. The first-order valence-corrected chi connectivity index (χ1v) is 4.33. The summed E-state index contributed by atoms with van der Waals surface area (Å²) in [4.78, 5) is 0. The Kier molecular flexibility index (Phi) is 3.35. The molecule has 1 N–H and O–H groups in total. The zero-order valence-corrected chi connectivity index (χ0v) is 8.48. The second-order valence-corrected chi connectivity index (χ2v) is 3.53. The first kappa shape index (κ1) is 10.6. The lowest BCUT2D eigenvalue weighted by molar-refractivity contribution is -0.0733. The zero-order valence-electron chi connectivity index (χ0n) is 6.89. The fourth-order valence-electron chi connectivity index (χ4n) is 0.931. The van der Waals surface area contributed by atoms with Crippen molar-refractivity contribution in [2.24, 2.45) is 0 Å². The summed E-state index contributed by atoms with van der Waals surface area (Å²) < 4.78 is 25.8. The van der Waals surface area contributed by atoms with Crippen molar-refractivity contribution >= 4 is 15.9 Å². The Balaban J connectivity index is 3.01. The maximum absolute atomic E-state index is 12.7. The van der Waals surface area contributed by atoms with E-state index in [9.17, 15) is 8.78 Å². The number of halogens is 3. The summed E-state index contributed by atoms with van der Waals surface area (Å²) in [6, 6.07) is 2.08. The lowest BCUT2D eigenvalue weighted by Gasteiger charge is -2.09. The Morgan fingerprint density at radius 3 is 2.46 bits per heavy atom. The van der Waals surface area contributed by atoms with Crippen molar-refractivity contribution in [3.05, 3.63) is 33.8 Å². The molecular formula is C8H8BrF2NO. The number of benzene rings is 1. The molecule has 0 aliphatic carbocycles. The molecule has 1 aromatic carbocycles. The van der Waals surface area contributed by atoms with E-state index in [1.54, 1.807) is 0 Å². The Bertz CT molecular complexity index is 317. The van der Waals surface area contributed by atoms with Crippen molar-refractivity contribution in [1.82, 2.24) is 5.06 Å². The molecule has 0 amide bonds. The molecule has 5 heteroatoms. The predicted octanol–water partition coefficient (Wildman–Crippen LogP) is 2.55. The van der Waals surface area contributed by atoms with Gasteiger partial charge in [0.15, 0.2) is 11.6 Å². The SMILES string of the molecule is CN(O)Cc1cc(F)c(F)cc1Br. The van der Waals surface area contributed by atoms with Crippen LogP contribution in [0.2, 0.25) is 0 Å². The van der Waals surface area contributed by atoms with Crippen LogP contribution in [-0.4, -0.2) is 17.3 Å². The number of hydrogen-bond donors (Lipinski definition) is 1. The molecule has 2 nitrogen and oxygen atoms in total. The van der Waals surface area contributed by atoms with Gasteiger partial charge in [0.1, 0.15) is 0 Å². The lowest BCUT2D eigenvalue weighted by atomic mass is 10.2. The topological polar surface area (TPSA) is 23.5 Å². The first-order valence-electron chi connectivity index (χ1n) is 3.54. The molecule has 0 spiro atoms. The van der Waals surface area contributed by atoms with Crippen LogP contribution in [0.4, 0.5) is 8.78 Å². The van der Waals surface area contributed by atoms with E-state index in [1.165, 1.54) is 7.05 Å². The highest BCUT2D eigenvalue weighted by atomic mass is 79.9. The summed E-state index contributed by atoms with van der Waals surface area (Å²) in [6.07, 6.45) is 0. The summed E-state index contributed by atoms with van der Waals surface area (Å²) in [5, 5.41) is 9.77. The van der Waals surface area contributed by atoms with Crippen LogP contribution in [0.5, 0.6) is 0 Å². The van der Waals surface area contributed by atoms with E-state index in [0.717, 1.165) is 17.2 Å². The molecule has 0 saturated heterocycles. The highest BCUT2D eigenvalue weighted by Gasteiger charge is 2.08. The second kappa shape index (κ2) is 4.13. The number of hydrogen-bond acceptors (Lipinski definition) is 2. The molecule has 0 aromatic heterocycles. The average Bonchev–Trinajstić information content (AvgIpc) is 1.99. The van der Waals surface area contributed by atoms with Crippen LogP contribution < -0.4 is 0 Å². The van der Waals surface area contributed by atoms with Crippen molar-refractivity contribution in [2.75, 3.05) is 7.05 Å². The van der Waals surface area contributed by atoms with Crippen LogP contribution in [0.15, 0.2) is 16.6 Å². The van der Waals surface area contributed by atoms with Gasteiger partial charge in [-0.25, -0.2) is 8.78 Å². The molecule has 0 heterocycles. The monoisotopic (exact) mass is 251 g/mol. The number of nitrogens with zero attached hydrogens (tertiary/aromatic N) is 1. The summed E-state index contributed by atoms with van der Waals surface area (Å²) in [6.45, 7) is 0.137. The molecule has 1 rings (SSSR count). The van der Waals surface area contributed by atoms with Gasteiger partial charge in [-0.1, -0.05) is 15.9 Å². The van der Waals surface area contributed by atoms with Crippen LogP contribution in [0.3, 0.4) is 0 Å². The molecule has 1 aromatic rings. The van der Waals surface area contributed by atoms with E-state index in [-0.39, 0.29) is 6.54 Å². The van der Waals surface area contributed by atoms with Crippen molar-refractivity contribution in [2.45, 2.75) is 6.54 Å². The van der Waals surface area contributed by atoms with E-state index < -0.39 is 11.6 Å². The minimum Gasteiger partial charge on any atom is -0.314 e. The van der Waals surface area contributed by atoms with Crippen molar-refractivity contribution < 1.29 is 14.0 Å². The largest absolute Gasteiger partial charge is 0.314 e. The molecule has 0 fully saturated rings. The highest BCUT2D eigenvalue weighted by Crippen LogP contribution is 2.21. The van der Waals surface area contributed by atoms with E-state index in [1.807, 2.05) is 0 Å². The van der Waals surface area contributed by atoms with Crippen molar-refractivity contribution in [3.8, 4) is 0 Å².